The molecule has 0 aliphatic carbocycles. The number of hydrogen-bond donors (Lipinski definition) is 1. The summed E-state index contributed by atoms with van der Waals surface area (Å²) in [7, 11) is -2.65. The highest BCUT2D eigenvalue weighted by molar-refractivity contribution is 6.60. The van der Waals surface area contributed by atoms with E-state index in [0.717, 1.165) is 0 Å². The summed E-state index contributed by atoms with van der Waals surface area (Å²) in [6.07, 6.45) is 1.42. The lowest BCUT2D eigenvalue weighted by molar-refractivity contribution is 0.0708. The van der Waals surface area contributed by atoms with Crippen LogP contribution in [-0.4, -0.2) is 56.0 Å². The minimum atomic E-state index is -2.65. The Morgan fingerprint density at radius 2 is 1.71 bits per heavy atom. The normalized spacial score (nSPS) is 11.7. The first kappa shape index (κ1) is 20.8. The number of amides is 1. The third kappa shape index (κ3) is 5.97. The first-order chi connectivity index (χ1) is 11.5. The van der Waals surface area contributed by atoms with Gasteiger partial charge in [-0.3, -0.25) is 0 Å². The summed E-state index contributed by atoms with van der Waals surface area (Å²) >= 11 is 0. The predicted molar refractivity (Wildman–Crippen MR) is 93.0 cm³/mol. The van der Waals surface area contributed by atoms with Crippen molar-refractivity contribution in [3.8, 4) is 0 Å². The van der Waals surface area contributed by atoms with E-state index < -0.39 is 8.80 Å². The highest BCUT2D eigenvalue weighted by atomic mass is 28.4. The van der Waals surface area contributed by atoms with Gasteiger partial charge in [-0.25, -0.2) is 9.78 Å². The van der Waals surface area contributed by atoms with Crippen LogP contribution in [0.2, 0.25) is 6.04 Å². The van der Waals surface area contributed by atoms with Crippen molar-refractivity contribution in [1.29, 1.82) is 0 Å². The fraction of sp³-hybridized carbons (Fsp3) is 0.800. The molecule has 0 radical (unpaired) electrons. The Morgan fingerprint density at radius 1 is 1.12 bits per heavy atom. The Balaban J connectivity index is 2.52. The van der Waals surface area contributed by atoms with Crippen LogP contribution < -0.4 is 5.32 Å². The van der Waals surface area contributed by atoms with Crippen LogP contribution in [-0.2, 0) is 19.7 Å². The number of aryl methyl sites for hydroxylation is 2. The van der Waals surface area contributed by atoms with Crippen molar-refractivity contribution in [3.63, 3.8) is 0 Å². The minimum absolute atomic E-state index is 0.267. The molecule has 1 rings (SSSR count). The van der Waals surface area contributed by atoms with Crippen molar-refractivity contribution >= 4 is 14.8 Å². The monoisotopic (exact) mass is 358 g/mol. The van der Waals surface area contributed by atoms with Crippen molar-refractivity contribution in [2.75, 3.05) is 26.4 Å². The quantitative estimate of drug-likeness (QED) is 0.482. The number of nitrogens with zero attached hydrogens (tertiary/aromatic N) is 3. The van der Waals surface area contributed by atoms with E-state index in [0.29, 0.717) is 56.9 Å². The zero-order valence-corrected chi connectivity index (χ0v) is 16.4. The van der Waals surface area contributed by atoms with Crippen molar-refractivity contribution in [2.24, 2.45) is 0 Å². The highest BCUT2D eigenvalue weighted by Crippen LogP contribution is 2.17. The average molecular weight is 359 g/mol. The molecule has 9 heteroatoms. The molecule has 138 valence electrons. The summed E-state index contributed by atoms with van der Waals surface area (Å²) in [6.45, 7) is 11.7. The van der Waals surface area contributed by atoms with Gasteiger partial charge in [0.25, 0.3) is 0 Å². The van der Waals surface area contributed by atoms with Crippen LogP contribution in [0.25, 0.3) is 0 Å². The van der Waals surface area contributed by atoms with Crippen molar-refractivity contribution in [1.82, 2.24) is 20.1 Å². The Morgan fingerprint density at radius 3 is 2.17 bits per heavy atom. The van der Waals surface area contributed by atoms with Gasteiger partial charge in [-0.05, 0) is 34.1 Å². The first-order valence-electron chi connectivity index (χ1n) is 8.64. The average Bonchev–Trinajstić information content (AvgIpc) is 2.93. The number of aromatic nitrogens is 3. The second-order valence-electron chi connectivity index (χ2n) is 5.16. The third-order valence-electron chi connectivity index (χ3n) is 3.35. The van der Waals surface area contributed by atoms with Crippen LogP contribution in [0.3, 0.4) is 0 Å². The lowest BCUT2D eigenvalue weighted by atomic mass is 10.5. The molecule has 8 nitrogen and oxygen atoms in total. The first-order valence-corrected chi connectivity index (χ1v) is 10.6. The largest absolute Gasteiger partial charge is 0.500 e. The topological polar surface area (TPSA) is 87.5 Å². The van der Waals surface area contributed by atoms with E-state index in [1.807, 2.05) is 27.7 Å². The van der Waals surface area contributed by atoms with Crippen LogP contribution in [0, 0.1) is 6.92 Å². The number of nitrogens with one attached hydrogen (secondary N) is 1. The summed E-state index contributed by atoms with van der Waals surface area (Å²) in [5.41, 5.74) is 0. The lowest BCUT2D eigenvalue weighted by Crippen LogP contribution is -2.46. The molecule has 1 N–H and O–H groups in total. The second-order valence-corrected chi connectivity index (χ2v) is 7.89. The van der Waals surface area contributed by atoms with Gasteiger partial charge in [-0.2, -0.15) is 4.68 Å². The second kappa shape index (κ2) is 10.5. The van der Waals surface area contributed by atoms with E-state index >= 15 is 0 Å². The highest BCUT2D eigenvalue weighted by Gasteiger charge is 2.39. The Labute approximate surface area is 145 Å². The molecule has 0 bridgehead atoms. The molecule has 0 atom stereocenters. The molecule has 24 heavy (non-hydrogen) atoms. The zero-order chi connectivity index (χ0) is 18.0. The Kier molecular flexibility index (Phi) is 9.12. The fourth-order valence-corrected chi connectivity index (χ4v) is 4.98. The molecule has 0 saturated heterocycles. The Hall–Kier alpha value is -1.29. The van der Waals surface area contributed by atoms with Gasteiger partial charge in [-0.15, -0.1) is 5.10 Å². The minimum Gasteiger partial charge on any atom is -0.374 e. The molecule has 0 aliphatic heterocycles. The molecule has 1 aromatic heterocycles. The molecular formula is C15H30N4O4Si. The molecule has 0 spiro atoms. The predicted octanol–water partition coefficient (Wildman–Crippen LogP) is 2.15. The van der Waals surface area contributed by atoms with E-state index in [4.69, 9.17) is 13.3 Å². The molecule has 0 unspecified atom stereocenters. The molecule has 1 heterocycles. The number of carbonyl (C=O) groups excluding carboxylic acids is 1. The van der Waals surface area contributed by atoms with Crippen LogP contribution in [0.15, 0.2) is 0 Å². The number of carbonyl (C=O) groups is 1. The maximum Gasteiger partial charge on any atom is 0.500 e. The maximum atomic E-state index is 12.2. The third-order valence-corrected chi connectivity index (χ3v) is 6.50. The SMILES string of the molecule is CCO[Si](CCCNC(=O)n1nc(CC)nc1C)(OCC)OCC. The molecule has 0 saturated carbocycles. The standard InChI is InChI=1S/C15H30N4O4Si/c1-6-14-17-13(5)19(18-14)15(20)16-11-10-12-24(21-7-2,22-8-3)23-9-4/h6-12H2,1-5H3,(H,16,20). The van der Waals surface area contributed by atoms with E-state index in [1.54, 1.807) is 6.92 Å². The van der Waals surface area contributed by atoms with Gasteiger partial charge in [0, 0.05) is 38.8 Å². The van der Waals surface area contributed by atoms with Gasteiger partial charge < -0.3 is 18.6 Å². The molecular weight excluding hydrogens is 328 g/mol. The smallest absolute Gasteiger partial charge is 0.374 e. The van der Waals surface area contributed by atoms with E-state index in [2.05, 4.69) is 15.4 Å². The molecule has 1 aromatic rings. The summed E-state index contributed by atoms with van der Waals surface area (Å²) in [6, 6.07) is 0.399. The van der Waals surface area contributed by atoms with Gasteiger partial charge >= 0.3 is 14.8 Å². The summed E-state index contributed by atoms with van der Waals surface area (Å²) < 4.78 is 18.7. The fourth-order valence-electron chi connectivity index (χ4n) is 2.36. The van der Waals surface area contributed by atoms with Crippen LogP contribution in [0.4, 0.5) is 4.79 Å². The summed E-state index contributed by atoms with van der Waals surface area (Å²) in [5.74, 6) is 1.25. The van der Waals surface area contributed by atoms with Gasteiger partial charge in [0.15, 0.2) is 5.82 Å². The zero-order valence-electron chi connectivity index (χ0n) is 15.4. The van der Waals surface area contributed by atoms with Crippen molar-refractivity contribution in [3.05, 3.63) is 11.6 Å². The lowest BCUT2D eigenvalue weighted by Gasteiger charge is -2.28. The van der Waals surface area contributed by atoms with E-state index in [1.165, 1.54) is 4.68 Å². The van der Waals surface area contributed by atoms with Gasteiger partial charge in [-0.1, -0.05) is 6.92 Å². The number of rotatable bonds is 11. The maximum absolute atomic E-state index is 12.2. The molecule has 0 aromatic carbocycles. The van der Waals surface area contributed by atoms with Gasteiger partial charge in [0.05, 0.1) is 0 Å². The van der Waals surface area contributed by atoms with Crippen LogP contribution in [0.5, 0.6) is 0 Å². The molecule has 1 amide bonds. The summed E-state index contributed by atoms with van der Waals surface area (Å²) in [4.78, 5) is 16.4. The van der Waals surface area contributed by atoms with E-state index in [-0.39, 0.29) is 6.03 Å². The summed E-state index contributed by atoms with van der Waals surface area (Å²) in [5, 5.41) is 7.03. The number of hydrogen-bond acceptors (Lipinski definition) is 6. The van der Waals surface area contributed by atoms with Crippen LogP contribution in [0.1, 0.15) is 45.8 Å². The van der Waals surface area contributed by atoms with Gasteiger partial charge in [0.2, 0.25) is 0 Å². The van der Waals surface area contributed by atoms with Gasteiger partial charge in [0.1, 0.15) is 5.82 Å². The van der Waals surface area contributed by atoms with Crippen molar-refractivity contribution in [2.45, 2.75) is 53.5 Å². The van der Waals surface area contributed by atoms with Crippen molar-refractivity contribution < 1.29 is 18.1 Å². The van der Waals surface area contributed by atoms with Crippen LogP contribution >= 0.6 is 0 Å². The molecule has 0 fully saturated rings. The molecule has 0 aliphatic rings. The van der Waals surface area contributed by atoms with E-state index in [9.17, 15) is 4.79 Å². The Bertz CT molecular complexity index is 493.